The third-order valence-corrected chi connectivity index (χ3v) is 12.3. The van der Waals surface area contributed by atoms with Crippen LogP contribution in [-0.4, -0.2) is 18.3 Å². The molecule has 4 heterocycles. The zero-order chi connectivity index (χ0) is 37.9. The molecule has 0 atom stereocenters. The van der Waals surface area contributed by atoms with Crippen molar-refractivity contribution in [1.82, 2.24) is 18.3 Å². The normalized spacial score (nSPS) is 12.1. The molecular formula is C54H34N4. The highest BCUT2D eigenvalue weighted by Crippen LogP contribution is 2.44. The summed E-state index contributed by atoms with van der Waals surface area (Å²) >= 11 is 0. The smallest absolute Gasteiger partial charge is 0.0641 e. The van der Waals surface area contributed by atoms with Crippen LogP contribution in [0.3, 0.4) is 0 Å². The molecule has 4 heteroatoms. The second-order valence-corrected chi connectivity index (χ2v) is 15.3. The summed E-state index contributed by atoms with van der Waals surface area (Å²) < 4.78 is 9.77. The van der Waals surface area contributed by atoms with Crippen LogP contribution in [0.15, 0.2) is 206 Å². The first-order valence-corrected chi connectivity index (χ1v) is 20.0. The number of fused-ring (bicyclic) bond motifs is 13. The van der Waals surface area contributed by atoms with Crippen LogP contribution in [0.1, 0.15) is 0 Å². The SMILES string of the molecule is c1ccc(-n2c3ccccc3c3cc(-n4c5ccccc5c5c4ccc4c6ccccc6n(-c6ccc7c8ccccc8n(-c8ccccc8)c7c6)c45)ccc32)cc1. The lowest BCUT2D eigenvalue weighted by atomic mass is 10.1. The summed E-state index contributed by atoms with van der Waals surface area (Å²) in [4.78, 5) is 0. The van der Waals surface area contributed by atoms with Crippen molar-refractivity contribution in [2.24, 2.45) is 0 Å². The van der Waals surface area contributed by atoms with Gasteiger partial charge < -0.3 is 18.3 Å². The van der Waals surface area contributed by atoms with E-state index in [1.807, 2.05) is 0 Å². The van der Waals surface area contributed by atoms with E-state index >= 15 is 0 Å². The number of rotatable bonds is 4. The molecule has 13 aromatic rings. The molecule has 4 aromatic heterocycles. The first kappa shape index (κ1) is 31.4. The van der Waals surface area contributed by atoms with Crippen molar-refractivity contribution in [3.05, 3.63) is 206 Å². The van der Waals surface area contributed by atoms with E-state index in [-0.39, 0.29) is 0 Å². The van der Waals surface area contributed by atoms with E-state index in [0.717, 1.165) is 22.7 Å². The van der Waals surface area contributed by atoms with Gasteiger partial charge in [0.2, 0.25) is 0 Å². The van der Waals surface area contributed by atoms with Gasteiger partial charge in [-0.05, 0) is 84.9 Å². The molecule has 9 aromatic carbocycles. The molecule has 0 amide bonds. The Hall–Kier alpha value is -7.82. The van der Waals surface area contributed by atoms with E-state index < -0.39 is 0 Å². The number of aromatic nitrogens is 4. The molecule has 0 radical (unpaired) electrons. The number of hydrogen-bond donors (Lipinski definition) is 0. The summed E-state index contributed by atoms with van der Waals surface area (Å²) in [7, 11) is 0. The minimum absolute atomic E-state index is 1.14. The maximum atomic E-state index is 2.51. The number of para-hydroxylation sites is 6. The molecule has 0 fully saturated rings. The Bertz CT molecular complexity index is 3780. The van der Waals surface area contributed by atoms with Crippen LogP contribution >= 0.6 is 0 Å². The standard InChI is InChI=1S/C54H34N4/c1-3-15-35(16-4-1)55-47-24-12-9-21-41(47)45-33-37(28-31-50(45)55)57-49-26-14-10-22-44(49)53-51(57)32-30-43-40-20-8-13-25-48(40)58(54(43)53)38-27-29-42-39-19-7-11-23-46(39)56(52(42)34-38)36-17-5-2-6-18-36/h1-34H. The van der Waals surface area contributed by atoms with Crippen LogP contribution in [0.25, 0.3) is 110 Å². The summed E-state index contributed by atoms with van der Waals surface area (Å²) in [5.41, 5.74) is 14.2. The molecule has 4 nitrogen and oxygen atoms in total. The number of nitrogens with zero attached hydrogens (tertiary/aromatic N) is 4. The first-order chi connectivity index (χ1) is 28.8. The van der Waals surface area contributed by atoms with Crippen LogP contribution in [0, 0.1) is 0 Å². The fourth-order valence-electron chi connectivity index (χ4n) is 9.96. The third kappa shape index (κ3) is 4.23. The Morgan fingerprint density at radius 2 is 0.603 bits per heavy atom. The summed E-state index contributed by atoms with van der Waals surface area (Å²) in [5.74, 6) is 0. The molecule has 0 unspecified atom stereocenters. The summed E-state index contributed by atoms with van der Waals surface area (Å²) in [6.45, 7) is 0. The molecule has 13 rings (SSSR count). The molecule has 0 N–H and O–H groups in total. The van der Waals surface area contributed by atoms with Gasteiger partial charge in [-0.25, -0.2) is 0 Å². The van der Waals surface area contributed by atoms with Crippen LogP contribution in [0.4, 0.5) is 0 Å². The molecule has 270 valence electrons. The second-order valence-electron chi connectivity index (χ2n) is 15.3. The van der Waals surface area contributed by atoms with E-state index in [0.29, 0.717) is 0 Å². The van der Waals surface area contributed by atoms with Crippen molar-refractivity contribution >= 4 is 87.2 Å². The molecule has 0 saturated carbocycles. The third-order valence-electron chi connectivity index (χ3n) is 12.3. The van der Waals surface area contributed by atoms with Crippen molar-refractivity contribution in [3.8, 4) is 22.7 Å². The van der Waals surface area contributed by atoms with Gasteiger partial charge >= 0.3 is 0 Å². The van der Waals surface area contributed by atoms with Crippen molar-refractivity contribution < 1.29 is 0 Å². The van der Waals surface area contributed by atoms with Crippen molar-refractivity contribution in [1.29, 1.82) is 0 Å². The summed E-state index contributed by atoms with van der Waals surface area (Å²) in [6, 6.07) is 75.4. The molecule has 0 aliphatic rings. The Kier molecular flexibility index (Phi) is 6.41. The van der Waals surface area contributed by atoms with Gasteiger partial charge in [0, 0.05) is 65.8 Å². The monoisotopic (exact) mass is 738 g/mol. The van der Waals surface area contributed by atoms with Gasteiger partial charge in [-0.15, -0.1) is 0 Å². The molecule has 0 saturated heterocycles. The predicted octanol–water partition coefficient (Wildman–Crippen LogP) is 14.1. The highest BCUT2D eigenvalue weighted by Gasteiger charge is 2.23. The fraction of sp³-hybridized carbons (Fsp3) is 0. The summed E-state index contributed by atoms with van der Waals surface area (Å²) in [6.07, 6.45) is 0. The van der Waals surface area contributed by atoms with Crippen molar-refractivity contribution in [2.75, 3.05) is 0 Å². The Labute approximate surface area is 333 Å². The average Bonchev–Trinajstić information content (AvgIpc) is 4.01. The maximum absolute atomic E-state index is 2.51. The molecule has 0 aliphatic carbocycles. The van der Waals surface area contributed by atoms with Gasteiger partial charge in [0.15, 0.2) is 0 Å². The highest BCUT2D eigenvalue weighted by molar-refractivity contribution is 6.26. The van der Waals surface area contributed by atoms with E-state index in [4.69, 9.17) is 0 Å². The zero-order valence-electron chi connectivity index (χ0n) is 31.4. The molecule has 0 spiro atoms. The molecule has 0 aliphatic heterocycles. The second kappa shape index (κ2) is 11.8. The van der Waals surface area contributed by atoms with Crippen LogP contribution in [-0.2, 0) is 0 Å². The fourth-order valence-corrected chi connectivity index (χ4v) is 9.96. The van der Waals surface area contributed by atoms with Crippen LogP contribution in [0.5, 0.6) is 0 Å². The van der Waals surface area contributed by atoms with Crippen molar-refractivity contribution in [3.63, 3.8) is 0 Å². The van der Waals surface area contributed by atoms with Gasteiger partial charge in [0.05, 0.1) is 44.1 Å². The van der Waals surface area contributed by atoms with Gasteiger partial charge in [-0.2, -0.15) is 0 Å². The average molecular weight is 739 g/mol. The maximum Gasteiger partial charge on any atom is 0.0641 e. The summed E-state index contributed by atoms with van der Waals surface area (Å²) in [5, 5.41) is 9.96. The van der Waals surface area contributed by atoms with Gasteiger partial charge in [-0.1, -0.05) is 121 Å². The molecule has 0 bridgehead atoms. The van der Waals surface area contributed by atoms with Gasteiger partial charge in [0.25, 0.3) is 0 Å². The minimum Gasteiger partial charge on any atom is -0.309 e. The highest BCUT2D eigenvalue weighted by atomic mass is 15.0. The first-order valence-electron chi connectivity index (χ1n) is 20.0. The van der Waals surface area contributed by atoms with E-state index in [1.165, 1.54) is 87.2 Å². The zero-order valence-corrected chi connectivity index (χ0v) is 31.4. The minimum atomic E-state index is 1.14. The molecule has 58 heavy (non-hydrogen) atoms. The van der Waals surface area contributed by atoms with Gasteiger partial charge in [0.1, 0.15) is 0 Å². The van der Waals surface area contributed by atoms with Crippen LogP contribution in [0.2, 0.25) is 0 Å². The Balaban J connectivity index is 1.12. The van der Waals surface area contributed by atoms with Gasteiger partial charge in [-0.3, -0.25) is 0 Å². The topological polar surface area (TPSA) is 19.7 Å². The lowest BCUT2D eigenvalue weighted by molar-refractivity contribution is 1.16. The Morgan fingerprint density at radius 1 is 0.207 bits per heavy atom. The predicted molar refractivity (Wildman–Crippen MR) is 244 cm³/mol. The lowest BCUT2D eigenvalue weighted by Gasteiger charge is -2.12. The van der Waals surface area contributed by atoms with E-state index in [1.54, 1.807) is 0 Å². The number of benzene rings is 9. The Morgan fingerprint density at radius 3 is 1.26 bits per heavy atom. The van der Waals surface area contributed by atoms with Crippen molar-refractivity contribution in [2.45, 2.75) is 0 Å². The lowest BCUT2D eigenvalue weighted by Crippen LogP contribution is -1.97. The molecular weight excluding hydrogens is 705 g/mol. The quantitative estimate of drug-likeness (QED) is 0.171. The van der Waals surface area contributed by atoms with E-state index in [2.05, 4.69) is 225 Å². The van der Waals surface area contributed by atoms with Crippen LogP contribution < -0.4 is 0 Å². The largest absolute Gasteiger partial charge is 0.309 e. The van der Waals surface area contributed by atoms with E-state index in [9.17, 15) is 0 Å². The number of hydrogen-bond acceptors (Lipinski definition) is 0.